The van der Waals surface area contributed by atoms with E-state index in [1.54, 1.807) is 0 Å². The number of esters is 1. The molecule has 5 saturated carbocycles. The summed E-state index contributed by atoms with van der Waals surface area (Å²) in [5.41, 5.74) is 1.01. The molecule has 4 bridgehead atoms. The van der Waals surface area contributed by atoms with Gasteiger partial charge in [0.15, 0.2) is 0 Å². The van der Waals surface area contributed by atoms with Crippen molar-refractivity contribution in [2.24, 2.45) is 22.2 Å². The fourth-order valence-corrected chi connectivity index (χ4v) is 5.85. The Bertz CT molecular complexity index is 409. The van der Waals surface area contributed by atoms with Gasteiger partial charge >= 0.3 is 5.97 Å². The Hall–Kier alpha value is -0.990. The summed E-state index contributed by atoms with van der Waals surface area (Å²) in [5, 5.41) is 0. The lowest BCUT2D eigenvalue weighted by atomic mass is 9.64. The Morgan fingerprint density at radius 2 is 1.89 bits per heavy atom. The molecule has 0 aromatic heterocycles. The Balaban J connectivity index is 1.43. The van der Waals surface area contributed by atoms with E-state index in [-0.39, 0.29) is 11.4 Å². The molecule has 0 aromatic carbocycles. The van der Waals surface area contributed by atoms with Gasteiger partial charge in [-0.15, -0.1) is 0 Å². The lowest BCUT2D eigenvalue weighted by Gasteiger charge is -2.41. The fraction of sp³-hybridized carbons (Fsp3) is 0.800. The van der Waals surface area contributed by atoms with Crippen LogP contribution in [0.4, 0.5) is 0 Å². The van der Waals surface area contributed by atoms with Crippen LogP contribution in [0.1, 0.15) is 38.5 Å². The quantitative estimate of drug-likeness (QED) is 0.426. The molecule has 0 N–H and O–H groups in total. The molecule has 0 aliphatic heterocycles. The Morgan fingerprint density at radius 3 is 2.50 bits per heavy atom. The number of hydrogen-bond donors (Lipinski definition) is 0. The maximum atomic E-state index is 12.4. The highest BCUT2D eigenvalue weighted by atomic mass is 16.6. The van der Waals surface area contributed by atoms with Crippen LogP contribution in [0.5, 0.6) is 0 Å². The molecule has 0 heterocycles. The van der Waals surface area contributed by atoms with Crippen LogP contribution in [-0.4, -0.2) is 19.2 Å². The zero-order valence-electron chi connectivity index (χ0n) is 10.7. The number of carbonyl (C=O) groups excluding carboxylic acids is 1. The molecule has 5 fully saturated rings. The summed E-state index contributed by atoms with van der Waals surface area (Å²) in [6.45, 7) is 4.25. The summed E-state index contributed by atoms with van der Waals surface area (Å²) >= 11 is 0. The average Bonchev–Trinajstić information content (AvgIpc) is 2.71. The normalized spacial score (nSPS) is 49.9. The smallest absolute Gasteiger partial charge is 0.312 e. The van der Waals surface area contributed by atoms with E-state index in [0.29, 0.717) is 24.0 Å². The predicted octanol–water partition coefficient (Wildman–Crippen LogP) is 2.66. The molecule has 3 nitrogen and oxygen atoms in total. The topological polar surface area (TPSA) is 35.5 Å². The molecule has 5 rings (SSSR count). The average molecular weight is 248 g/mol. The van der Waals surface area contributed by atoms with Crippen molar-refractivity contribution in [2.75, 3.05) is 13.2 Å². The van der Waals surface area contributed by atoms with Gasteiger partial charge in [0, 0.05) is 0 Å². The Morgan fingerprint density at radius 1 is 1.17 bits per heavy atom. The van der Waals surface area contributed by atoms with Gasteiger partial charge in [0.05, 0.1) is 11.7 Å². The van der Waals surface area contributed by atoms with Gasteiger partial charge in [-0.1, -0.05) is 6.58 Å². The van der Waals surface area contributed by atoms with E-state index in [1.807, 2.05) is 0 Å². The molecule has 0 radical (unpaired) electrons. The first kappa shape index (κ1) is 10.9. The SMILES string of the molecule is C=COCCOC(=O)C12CC3CC4(C1)CC4(C3)C2. The molecule has 2 spiro atoms. The predicted molar refractivity (Wildman–Crippen MR) is 65.6 cm³/mol. The largest absolute Gasteiger partial charge is 0.498 e. The van der Waals surface area contributed by atoms with E-state index in [9.17, 15) is 4.79 Å². The first-order valence-electron chi connectivity index (χ1n) is 7.04. The van der Waals surface area contributed by atoms with Gasteiger partial charge < -0.3 is 9.47 Å². The van der Waals surface area contributed by atoms with Crippen molar-refractivity contribution < 1.29 is 14.3 Å². The number of hydrogen-bond acceptors (Lipinski definition) is 3. The highest BCUT2D eigenvalue weighted by Crippen LogP contribution is 2.90. The summed E-state index contributed by atoms with van der Waals surface area (Å²) in [7, 11) is 0. The third-order valence-corrected chi connectivity index (χ3v) is 6.05. The van der Waals surface area contributed by atoms with E-state index >= 15 is 0 Å². The second kappa shape index (κ2) is 3.12. The molecule has 0 aromatic rings. The summed E-state index contributed by atoms with van der Waals surface area (Å²) in [5.74, 6) is 0.851. The molecule has 3 heteroatoms. The van der Waals surface area contributed by atoms with Crippen LogP contribution in [0.3, 0.4) is 0 Å². The lowest BCUT2D eigenvalue weighted by Crippen LogP contribution is -2.40. The van der Waals surface area contributed by atoms with Crippen LogP contribution in [-0.2, 0) is 14.3 Å². The summed E-state index contributed by atoms with van der Waals surface area (Å²) < 4.78 is 10.4. The molecule has 2 unspecified atom stereocenters. The van der Waals surface area contributed by atoms with Crippen molar-refractivity contribution in [3.63, 3.8) is 0 Å². The molecule has 2 atom stereocenters. The van der Waals surface area contributed by atoms with E-state index in [0.717, 1.165) is 25.2 Å². The van der Waals surface area contributed by atoms with Crippen molar-refractivity contribution in [1.29, 1.82) is 0 Å². The minimum Gasteiger partial charge on any atom is -0.498 e. The van der Waals surface area contributed by atoms with Gasteiger partial charge in [-0.25, -0.2) is 0 Å². The molecule has 18 heavy (non-hydrogen) atoms. The maximum absolute atomic E-state index is 12.4. The third-order valence-electron chi connectivity index (χ3n) is 6.05. The van der Waals surface area contributed by atoms with E-state index in [4.69, 9.17) is 9.47 Å². The van der Waals surface area contributed by atoms with Crippen LogP contribution in [0, 0.1) is 22.2 Å². The van der Waals surface area contributed by atoms with E-state index < -0.39 is 0 Å². The minimum atomic E-state index is -0.117. The summed E-state index contributed by atoms with van der Waals surface area (Å²) in [4.78, 5) is 12.4. The Labute approximate surface area is 108 Å². The van der Waals surface area contributed by atoms with Crippen molar-refractivity contribution in [1.82, 2.24) is 0 Å². The number of ether oxygens (including phenoxy) is 2. The first-order chi connectivity index (χ1) is 8.64. The lowest BCUT2D eigenvalue weighted by molar-refractivity contribution is -0.162. The van der Waals surface area contributed by atoms with Crippen molar-refractivity contribution in [2.45, 2.75) is 38.5 Å². The van der Waals surface area contributed by atoms with Gasteiger partial charge in [-0.2, -0.15) is 0 Å². The summed E-state index contributed by atoms with van der Waals surface area (Å²) in [6, 6.07) is 0. The second-order valence-electron chi connectivity index (χ2n) is 7.02. The van der Waals surface area contributed by atoms with Crippen molar-refractivity contribution in [3.05, 3.63) is 12.8 Å². The minimum absolute atomic E-state index is 0.0468. The fourth-order valence-electron chi connectivity index (χ4n) is 5.85. The van der Waals surface area contributed by atoms with Crippen LogP contribution in [0.25, 0.3) is 0 Å². The van der Waals surface area contributed by atoms with Crippen molar-refractivity contribution >= 4 is 5.97 Å². The summed E-state index contributed by atoms with van der Waals surface area (Å²) in [6.07, 6.45) is 8.86. The van der Waals surface area contributed by atoms with Crippen LogP contribution < -0.4 is 0 Å². The Kier molecular flexibility index (Phi) is 1.89. The molecule has 0 saturated heterocycles. The first-order valence-corrected chi connectivity index (χ1v) is 7.04. The number of carbonyl (C=O) groups is 1. The molecular weight excluding hydrogens is 228 g/mol. The van der Waals surface area contributed by atoms with Gasteiger partial charge in [-0.3, -0.25) is 4.79 Å². The zero-order valence-corrected chi connectivity index (χ0v) is 10.7. The maximum Gasteiger partial charge on any atom is 0.312 e. The molecule has 0 amide bonds. The van der Waals surface area contributed by atoms with Crippen LogP contribution in [0.15, 0.2) is 12.8 Å². The van der Waals surface area contributed by atoms with E-state index in [2.05, 4.69) is 6.58 Å². The van der Waals surface area contributed by atoms with Gasteiger partial charge in [0.1, 0.15) is 13.2 Å². The molecular formula is C15H20O3. The van der Waals surface area contributed by atoms with Crippen LogP contribution >= 0.6 is 0 Å². The highest BCUT2D eigenvalue weighted by Gasteiger charge is 2.83. The second-order valence-corrected chi connectivity index (χ2v) is 7.02. The molecule has 5 aliphatic rings. The van der Waals surface area contributed by atoms with Gasteiger partial charge in [-0.05, 0) is 55.3 Å². The van der Waals surface area contributed by atoms with Crippen LogP contribution in [0.2, 0.25) is 0 Å². The monoisotopic (exact) mass is 248 g/mol. The zero-order chi connectivity index (χ0) is 12.4. The molecule has 98 valence electrons. The highest BCUT2D eigenvalue weighted by molar-refractivity contribution is 5.79. The van der Waals surface area contributed by atoms with Gasteiger partial charge in [0.2, 0.25) is 0 Å². The third kappa shape index (κ3) is 1.13. The van der Waals surface area contributed by atoms with E-state index in [1.165, 1.54) is 25.5 Å². The van der Waals surface area contributed by atoms with Crippen molar-refractivity contribution in [3.8, 4) is 0 Å². The standard InChI is InChI=1S/C15H20O3/c1-2-17-3-4-18-12(16)13-5-11-6-14(8-13)10-15(14,7-11)9-13/h2,11H,1,3-10H2. The molecule has 5 aliphatic carbocycles. The number of rotatable bonds is 5. The van der Waals surface area contributed by atoms with Gasteiger partial charge in [0.25, 0.3) is 0 Å².